The Hall–Kier alpha value is -3.31. The second-order valence-electron chi connectivity index (χ2n) is 7.91. The van der Waals surface area contributed by atoms with Crippen LogP contribution in [0.5, 0.6) is 11.5 Å². The molecule has 0 spiro atoms. The summed E-state index contributed by atoms with van der Waals surface area (Å²) in [7, 11) is 3.11. The summed E-state index contributed by atoms with van der Waals surface area (Å²) in [6, 6.07) is 11.3. The minimum Gasteiger partial charge on any atom is -0.497 e. The topological polar surface area (TPSA) is 99.5 Å². The van der Waals surface area contributed by atoms with Gasteiger partial charge in [-0.05, 0) is 49.2 Å². The Kier molecular flexibility index (Phi) is 8.43. The van der Waals surface area contributed by atoms with Crippen LogP contribution < -0.4 is 20.1 Å². The molecule has 0 saturated carbocycles. The minimum absolute atomic E-state index is 0.0762. The van der Waals surface area contributed by atoms with Gasteiger partial charge < -0.3 is 29.4 Å². The zero-order valence-electron chi connectivity index (χ0n) is 19.6. The molecule has 186 valence electrons. The molecule has 1 saturated heterocycles. The second-order valence-corrected chi connectivity index (χ2v) is 8.85. The monoisotopic (exact) mass is 501 g/mol. The van der Waals surface area contributed by atoms with Gasteiger partial charge in [-0.25, -0.2) is 4.39 Å². The summed E-state index contributed by atoms with van der Waals surface area (Å²) in [5.41, 5.74) is 1.34. The Morgan fingerprint density at radius 3 is 2.74 bits per heavy atom. The fourth-order valence-corrected chi connectivity index (χ4v) is 4.47. The summed E-state index contributed by atoms with van der Waals surface area (Å²) in [5, 5.41) is 15.4. The Morgan fingerprint density at radius 1 is 1.20 bits per heavy atom. The van der Waals surface area contributed by atoms with Crippen molar-refractivity contribution in [2.75, 3.05) is 37.2 Å². The fourth-order valence-electron chi connectivity index (χ4n) is 3.70. The van der Waals surface area contributed by atoms with Gasteiger partial charge in [0, 0.05) is 18.4 Å². The number of ether oxygens (including phenoxy) is 3. The molecule has 4 rings (SSSR count). The van der Waals surface area contributed by atoms with E-state index < -0.39 is 0 Å². The van der Waals surface area contributed by atoms with Crippen LogP contribution in [-0.2, 0) is 22.6 Å². The van der Waals surface area contributed by atoms with E-state index in [9.17, 15) is 9.18 Å². The number of hydrogen-bond donors (Lipinski definition) is 2. The largest absolute Gasteiger partial charge is 0.497 e. The number of aromatic nitrogens is 3. The van der Waals surface area contributed by atoms with E-state index in [1.54, 1.807) is 37.4 Å². The van der Waals surface area contributed by atoms with Crippen molar-refractivity contribution < 1.29 is 23.4 Å². The minimum atomic E-state index is -0.290. The van der Waals surface area contributed by atoms with Crippen molar-refractivity contribution in [2.45, 2.75) is 37.2 Å². The summed E-state index contributed by atoms with van der Waals surface area (Å²) in [6.07, 6.45) is 2.06. The highest BCUT2D eigenvalue weighted by Crippen LogP contribution is 2.29. The maximum atomic E-state index is 13.2. The van der Waals surface area contributed by atoms with Crippen LogP contribution in [0.25, 0.3) is 0 Å². The molecule has 1 amide bonds. The molecule has 2 heterocycles. The van der Waals surface area contributed by atoms with Gasteiger partial charge in [-0.2, -0.15) is 0 Å². The van der Waals surface area contributed by atoms with E-state index in [4.69, 9.17) is 14.2 Å². The highest BCUT2D eigenvalue weighted by atomic mass is 32.2. The number of carbonyl (C=O) groups excluding carboxylic acids is 1. The zero-order chi connectivity index (χ0) is 24.6. The molecule has 11 heteroatoms. The molecule has 0 unspecified atom stereocenters. The third-order valence-corrected chi connectivity index (χ3v) is 6.48. The number of rotatable bonds is 11. The first-order valence-electron chi connectivity index (χ1n) is 11.2. The van der Waals surface area contributed by atoms with Crippen LogP contribution in [0.4, 0.5) is 15.8 Å². The average molecular weight is 502 g/mol. The number of thioether (sulfide) groups is 1. The molecule has 0 aliphatic carbocycles. The average Bonchev–Trinajstić information content (AvgIpc) is 3.53. The number of carbonyl (C=O) groups is 1. The summed E-state index contributed by atoms with van der Waals surface area (Å²) in [4.78, 5) is 12.7. The van der Waals surface area contributed by atoms with Crippen molar-refractivity contribution >= 4 is 29.0 Å². The Morgan fingerprint density at radius 2 is 2.03 bits per heavy atom. The highest BCUT2D eigenvalue weighted by Gasteiger charge is 2.22. The third-order valence-electron chi connectivity index (χ3n) is 5.51. The Labute approximate surface area is 207 Å². The highest BCUT2D eigenvalue weighted by molar-refractivity contribution is 7.99. The molecule has 35 heavy (non-hydrogen) atoms. The molecule has 1 fully saturated rings. The normalized spacial score (nSPS) is 15.1. The van der Waals surface area contributed by atoms with Gasteiger partial charge in [-0.3, -0.25) is 4.79 Å². The SMILES string of the molecule is COc1ccc(NC(=O)CSc2nnc(CNc3ccc(F)cc3)n2C[C@H]2CCCO2)c(OC)c1. The maximum absolute atomic E-state index is 13.2. The number of halogens is 1. The summed E-state index contributed by atoms with van der Waals surface area (Å²) in [5.74, 6) is 1.52. The van der Waals surface area contributed by atoms with E-state index in [1.807, 2.05) is 4.57 Å². The summed E-state index contributed by atoms with van der Waals surface area (Å²) in [6.45, 7) is 1.75. The van der Waals surface area contributed by atoms with Crippen LogP contribution in [0.15, 0.2) is 47.6 Å². The molecular weight excluding hydrogens is 473 g/mol. The van der Waals surface area contributed by atoms with Crippen LogP contribution in [0.3, 0.4) is 0 Å². The molecule has 1 aromatic heterocycles. The maximum Gasteiger partial charge on any atom is 0.234 e. The van der Waals surface area contributed by atoms with E-state index in [1.165, 1.54) is 31.0 Å². The molecule has 1 atom stereocenters. The molecule has 1 aliphatic rings. The zero-order valence-corrected chi connectivity index (χ0v) is 20.4. The van der Waals surface area contributed by atoms with E-state index in [-0.39, 0.29) is 23.6 Å². The number of nitrogens with zero attached hydrogens (tertiary/aromatic N) is 3. The van der Waals surface area contributed by atoms with Crippen molar-refractivity contribution in [1.82, 2.24) is 14.8 Å². The molecule has 0 bridgehead atoms. The standard InChI is InChI=1S/C24H28FN5O4S/c1-32-18-9-10-20(21(12-18)33-2)27-23(31)15-35-24-29-28-22(30(24)14-19-4-3-11-34-19)13-26-17-7-5-16(25)6-8-17/h5-10,12,19,26H,3-4,11,13-15H2,1-2H3,(H,27,31)/t19-/m1/s1. The van der Waals surface area contributed by atoms with Crippen molar-refractivity contribution in [3.63, 3.8) is 0 Å². The lowest BCUT2D eigenvalue weighted by Crippen LogP contribution is -2.20. The smallest absolute Gasteiger partial charge is 0.234 e. The number of anilines is 2. The van der Waals surface area contributed by atoms with Crippen molar-refractivity contribution in [1.29, 1.82) is 0 Å². The van der Waals surface area contributed by atoms with Gasteiger partial charge in [-0.1, -0.05) is 11.8 Å². The first-order chi connectivity index (χ1) is 17.1. The third kappa shape index (κ3) is 6.64. The lowest BCUT2D eigenvalue weighted by Gasteiger charge is -2.15. The number of benzene rings is 2. The van der Waals surface area contributed by atoms with Crippen LogP contribution in [0.2, 0.25) is 0 Å². The number of hydrogen-bond acceptors (Lipinski definition) is 8. The molecule has 3 aromatic rings. The second kappa shape index (κ2) is 11.9. The quantitative estimate of drug-likeness (QED) is 0.381. The van der Waals surface area contributed by atoms with Crippen LogP contribution >= 0.6 is 11.8 Å². The number of nitrogens with one attached hydrogen (secondary N) is 2. The van der Waals surface area contributed by atoms with Crippen molar-refractivity contribution in [3.05, 3.63) is 54.1 Å². The first kappa shape index (κ1) is 24.8. The van der Waals surface area contributed by atoms with Gasteiger partial charge in [-0.15, -0.1) is 10.2 Å². The predicted molar refractivity (Wildman–Crippen MR) is 132 cm³/mol. The van der Waals surface area contributed by atoms with Crippen LogP contribution in [0, 0.1) is 5.82 Å². The Balaban J connectivity index is 1.42. The lowest BCUT2D eigenvalue weighted by atomic mass is 10.2. The van der Waals surface area contributed by atoms with E-state index in [0.717, 1.165) is 25.1 Å². The van der Waals surface area contributed by atoms with E-state index in [0.29, 0.717) is 41.3 Å². The van der Waals surface area contributed by atoms with E-state index >= 15 is 0 Å². The molecule has 2 N–H and O–H groups in total. The summed E-state index contributed by atoms with van der Waals surface area (Å²) >= 11 is 1.30. The van der Waals surface area contributed by atoms with Gasteiger partial charge >= 0.3 is 0 Å². The van der Waals surface area contributed by atoms with Gasteiger partial charge in [0.05, 0.1) is 44.9 Å². The van der Waals surface area contributed by atoms with Crippen LogP contribution in [-0.4, -0.2) is 53.4 Å². The number of methoxy groups -OCH3 is 2. The summed E-state index contributed by atoms with van der Waals surface area (Å²) < 4.78 is 31.5. The Bertz CT molecular complexity index is 1140. The van der Waals surface area contributed by atoms with Gasteiger partial charge in [0.2, 0.25) is 5.91 Å². The van der Waals surface area contributed by atoms with Crippen molar-refractivity contribution in [3.8, 4) is 11.5 Å². The van der Waals surface area contributed by atoms with Crippen molar-refractivity contribution in [2.24, 2.45) is 0 Å². The van der Waals surface area contributed by atoms with Gasteiger partial charge in [0.1, 0.15) is 17.3 Å². The molecule has 2 aromatic carbocycles. The van der Waals surface area contributed by atoms with E-state index in [2.05, 4.69) is 20.8 Å². The molecule has 9 nitrogen and oxygen atoms in total. The predicted octanol–water partition coefficient (Wildman–Crippen LogP) is 3.96. The van der Waals surface area contributed by atoms with Crippen LogP contribution in [0.1, 0.15) is 18.7 Å². The molecule has 0 radical (unpaired) electrons. The van der Waals surface area contributed by atoms with Gasteiger partial charge in [0.15, 0.2) is 11.0 Å². The fraction of sp³-hybridized carbons (Fsp3) is 0.375. The number of amides is 1. The lowest BCUT2D eigenvalue weighted by molar-refractivity contribution is -0.113. The first-order valence-corrected chi connectivity index (χ1v) is 12.2. The van der Waals surface area contributed by atoms with Gasteiger partial charge in [0.25, 0.3) is 0 Å². The molecule has 1 aliphatic heterocycles. The molecular formula is C24H28FN5O4S.